The molecule has 0 aliphatic carbocycles. The zero-order valence-electron chi connectivity index (χ0n) is 13.2. The van der Waals surface area contributed by atoms with Crippen LogP contribution in [0.15, 0.2) is 54.6 Å². The fourth-order valence-corrected chi connectivity index (χ4v) is 3.06. The van der Waals surface area contributed by atoms with Crippen LogP contribution in [-0.2, 0) is 6.42 Å². The zero-order chi connectivity index (χ0) is 16.1. The number of piperidine rings is 1. The van der Waals surface area contributed by atoms with Gasteiger partial charge in [-0.25, -0.2) is 0 Å². The van der Waals surface area contributed by atoms with Crippen molar-refractivity contribution in [2.24, 2.45) is 0 Å². The third-order valence-electron chi connectivity index (χ3n) is 4.31. The molecule has 3 nitrogen and oxygen atoms in total. The molecule has 0 radical (unpaired) electrons. The van der Waals surface area contributed by atoms with E-state index in [9.17, 15) is 9.59 Å². The fourth-order valence-electron chi connectivity index (χ4n) is 3.06. The first kappa shape index (κ1) is 15.5. The highest BCUT2D eigenvalue weighted by atomic mass is 16.2. The van der Waals surface area contributed by atoms with E-state index in [-0.39, 0.29) is 11.7 Å². The molecule has 0 unspecified atom stereocenters. The van der Waals surface area contributed by atoms with Gasteiger partial charge >= 0.3 is 0 Å². The molecular formula is C20H21NO2. The lowest BCUT2D eigenvalue weighted by Crippen LogP contribution is -2.36. The first-order valence-corrected chi connectivity index (χ1v) is 8.21. The van der Waals surface area contributed by atoms with Gasteiger partial charge in [0.25, 0.3) is 5.91 Å². The molecular weight excluding hydrogens is 286 g/mol. The van der Waals surface area contributed by atoms with Gasteiger partial charge in [0.05, 0.1) is 5.56 Å². The number of rotatable bonds is 4. The fraction of sp³-hybridized carbons (Fsp3) is 0.300. The number of amides is 1. The van der Waals surface area contributed by atoms with Crippen LogP contribution in [0.2, 0.25) is 0 Å². The topological polar surface area (TPSA) is 37.4 Å². The Hall–Kier alpha value is -2.42. The summed E-state index contributed by atoms with van der Waals surface area (Å²) in [6.07, 6.45) is 3.60. The summed E-state index contributed by atoms with van der Waals surface area (Å²) in [6, 6.07) is 16.8. The molecule has 3 rings (SSSR count). The highest BCUT2D eigenvalue weighted by molar-refractivity contribution is 6.08. The Balaban J connectivity index is 1.82. The van der Waals surface area contributed by atoms with Crippen LogP contribution >= 0.6 is 0 Å². The number of carbonyl (C=O) groups is 2. The molecule has 118 valence electrons. The first-order valence-electron chi connectivity index (χ1n) is 8.21. The van der Waals surface area contributed by atoms with Gasteiger partial charge in [0.15, 0.2) is 5.78 Å². The van der Waals surface area contributed by atoms with Crippen molar-refractivity contribution in [3.63, 3.8) is 0 Å². The van der Waals surface area contributed by atoms with Gasteiger partial charge in [-0.3, -0.25) is 9.59 Å². The number of likely N-dealkylation sites (tertiary alicyclic amines) is 1. The molecule has 1 fully saturated rings. The molecule has 1 saturated heterocycles. The summed E-state index contributed by atoms with van der Waals surface area (Å²) in [5.74, 6) is -0.0149. The van der Waals surface area contributed by atoms with Crippen LogP contribution in [0.3, 0.4) is 0 Å². The van der Waals surface area contributed by atoms with E-state index < -0.39 is 0 Å². The molecule has 0 atom stereocenters. The van der Waals surface area contributed by atoms with E-state index in [0.717, 1.165) is 31.5 Å². The largest absolute Gasteiger partial charge is 0.339 e. The van der Waals surface area contributed by atoms with Crippen LogP contribution in [-0.4, -0.2) is 29.7 Å². The Bertz CT molecular complexity index is 688. The van der Waals surface area contributed by atoms with Crippen molar-refractivity contribution in [1.82, 2.24) is 4.90 Å². The van der Waals surface area contributed by atoms with Crippen molar-refractivity contribution in [3.8, 4) is 0 Å². The highest BCUT2D eigenvalue weighted by Gasteiger charge is 2.22. The number of benzene rings is 2. The maximum absolute atomic E-state index is 12.8. The number of hydrogen-bond donors (Lipinski definition) is 0. The Morgan fingerprint density at radius 1 is 0.783 bits per heavy atom. The summed E-state index contributed by atoms with van der Waals surface area (Å²) in [5, 5.41) is 0. The number of carbonyl (C=O) groups excluding carboxylic acids is 2. The molecule has 1 aliphatic rings. The monoisotopic (exact) mass is 307 g/mol. The minimum atomic E-state index is -0.0123. The lowest BCUT2D eigenvalue weighted by Gasteiger charge is -2.27. The summed E-state index contributed by atoms with van der Waals surface area (Å²) < 4.78 is 0. The lowest BCUT2D eigenvalue weighted by atomic mass is 9.97. The molecule has 3 heteroatoms. The van der Waals surface area contributed by atoms with Gasteiger partial charge in [-0.1, -0.05) is 48.5 Å². The number of ketones is 1. The quantitative estimate of drug-likeness (QED) is 0.807. The van der Waals surface area contributed by atoms with Crippen LogP contribution in [0.25, 0.3) is 0 Å². The van der Waals surface area contributed by atoms with Crippen molar-refractivity contribution >= 4 is 11.7 Å². The molecule has 2 aromatic carbocycles. The minimum absolute atomic E-state index is 0.00263. The molecule has 0 aromatic heterocycles. The standard InChI is InChI=1S/C20H21NO2/c22-19(15-16-9-3-1-4-10-16)17-11-5-6-12-18(17)20(23)21-13-7-2-8-14-21/h1,3-6,9-12H,2,7-8,13-15H2. The summed E-state index contributed by atoms with van der Waals surface area (Å²) in [7, 11) is 0. The van der Waals surface area contributed by atoms with Crippen LogP contribution in [0, 0.1) is 0 Å². The van der Waals surface area contributed by atoms with Crippen LogP contribution in [0.4, 0.5) is 0 Å². The molecule has 1 aliphatic heterocycles. The van der Waals surface area contributed by atoms with Crippen LogP contribution < -0.4 is 0 Å². The van der Waals surface area contributed by atoms with Gasteiger partial charge in [0.2, 0.25) is 0 Å². The SMILES string of the molecule is O=C(Cc1ccccc1)c1ccccc1C(=O)N1CCCCC1. The number of nitrogens with zero attached hydrogens (tertiary/aromatic N) is 1. The summed E-state index contributed by atoms with van der Waals surface area (Å²) in [6.45, 7) is 1.58. The van der Waals surface area contributed by atoms with Gasteiger partial charge in [-0.05, 0) is 30.9 Å². The van der Waals surface area contributed by atoms with Crippen LogP contribution in [0.5, 0.6) is 0 Å². The lowest BCUT2D eigenvalue weighted by molar-refractivity contribution is 0.0719. The van der Waals surface area contributed by atoms with E-state index >= 15 is 0 Å². The van der Waals surface area contributed by atoms with Gasteiger partial charge in [-0.2, -0.15) is 0 Å². The van der Waals surface area contributed by atoms with Crippen molar-refractivity contribution in [1.29, 1.82) is 0 Å². The van der Waals surface area contributed by atoms with Gasteiger partial charge in [0, 0.05) is 25.1 Å². The zero-order valence-corrected chi connectivity index (χ0v) is 13.2. The van der Waals surface area contributed by atoms with Gasteiger partial charge in [-0.15, -0.1) is 0 Å². The molecule has 0 bridgehead atoms. The summed E-state index contributed by atoms with van der Waals surface area (Å²) in [4.78, 5) is 27.3. The smallest absolute Gasteiger partial charge is 0.254 e. The second-order valence-electron chi connectivity index (χ2n) is 5.98. The third kappa shape index (κ3) is 3.67. The molecule has 23 heavy (non-hydrogen) atoms. The van der Waals surface area contributed by atoms with E-state index in [0.29, 0.717) is 17.5 Å². The van der Waals surface area contributed by atoms with E-state index in [1.54, 1.807) is 12.1 Å². The number of Topliss-reactive ketones (excluding diaryl/α,β-unsaturated/α-hetero) is 1. The van der Waals surface area contributed by atoms with Gasteiger partial charge < -0.3 is 4.90 Å². The predicted molar refractivity (Wildman–Crippen MR) is 90.7 cm³/mol. The maximum Gasteiger partial charge on any atom is 0.254 e. The molecule has 0 N–H and O–H groups in total. The second kappa shape index (κ2) is 7.23. The summed E-state index contributed by atoms with van der Waals surface area (Å²) in [5.41, 5.74) is 2.04. The van der Waals surface area contributed by atoms with E-state index in [2.05, 4.69) is 0 Å². The van der Waals surface area contributed by atoms with E-state index in [1.807, 2.05) is 47.4 Å². The highest BCUT2D eigenvalue weighted by Crippen LogP contribution is 2.18. The van der Waals surface area contributed by atoms with E-state index in [4.69, 9.17) is 0 Å². The molecule has 0 saturated carbocycles. The molecule has 1 heterocycles. The van der Waals surface area contributed by atoms with Gasteiger partial charge in [0.1, 0.15) is 0 Å². The second-order valence-corrected chi connectivity index (χ2v) is 5.98. The van der Waals surface area contributed by atoms with Crippen LogP contribution in [0.1, 0.15) is 45.5 Å². The molecule has 0 spiro atoms. The predicted octanol–water partition coefficient (Wildman–Crippen LogP) is 3.74. The average molecular weight is 307 g/mol. The summed E-state index contributed by atoms with van der Waals surface area (Å²) >= 11 is 0. The van der Waals surface area contributed by atoms with Crippen molar-refractivity contribution < 1.29 is 9.59 Å². The first-order chi connectivity index (χ1) is 11.3. The number of hydrogen-bond acceptors (Lipinski definition) is 2. The normalized spacial score (nSPS) is 14.5. The average Bonchev–Trinajstić information content (AvgIpc) is 2.62. The maximum atomic E-state index is 12.8. The molecule has 1 amide bonds. The Morgan fingerprint density at radius 2 is 1.39 bits per heavy atom. The Labute approximate surface area is 136 Å². The van der Waals surface area contributed by atoms with Crippen molar-refractivity contribution in [3.05, 3.63) is 71.3 Å². The Morgan fingerprint density at radius 3 is 2.09 bits per heavy atom. The molecule has 2 aromatic rings. The third-order valence-corrected chi connectivity index (χ3v) is 4.31. The van der Waals surface area contributed by atoms with E-state index in [1.165, 1.54) is 6.42 Å². The van der Waals surface area contributed by atoms with Crippen molar-refractivity contribution in [2.45, 2.75) is 25.7 Å². The Kier molecular flexibility index (Phi) is 4.86. The van der Waals surface area contributed by atoms with Crippen molar-refractivity contribution in [2.75, 3.05) is 13.1 Å². The minimum Gasteiger partial charge on any atom is -0.339 e.